The van der Waals surface area contributed by atoms with Crippen molar-refractivity contribution in [2.45, 2.75) is 44.6 Å². The van der Waals surface area contributed by atoms with Crippen LogP contribution in [0.5, 0.6) is 0 Å². The number of para-hydroxylation sites is 2. The van der Waals surface area contributed by atoms with Crippen molar-refractivity contribution in [3.8, 4) is 0 Å². The molecule has 0 aliphatic heterocycles. The highest BCUT2D eigenvalue weighted by Crippen LogP contribution is 2.20. The second-order valence-corrected chi connectivity index (χ2v) is 9.24. The van der Waals surface area contributed by atoms with Crippen molar-refractivity contribution >= 4 is 26.7 Å². The van der Waals surface area contributed by atoms with Gasteiger partial charge in [0.25, 0.3) is 10.0 Å². The van der Waals surface area contributed by atoms with Crippen molar-refractivity contribution in [2.75, 3.05) is 4.72 Å². The first-order chi connectivity index (χ1) is 15.0. The molecular weight excluding hydrogens is 406 g/mol. The van der Waals surface area contributed by atoms with Gasteiger partial charge in [-0.15, -0.1) is 0 Å². The molecule has 4 aromatic rings. The van der Waals surface area contributed by atoms with Gasteiger partial charge in [0.15, 0.2) is 0 Å². The molecule has 0 unspecified atom stereocenters. The lowest BCUT2D eigenvalue weighted by Gasteiger charge is -2.10. The maximum Gasteiger partial charge on any atom is 0.261 e. The molecule has 0 spiro atoms. The molecule has 1 aromatic heterocycles. The predicted octanol–water partition coefficient (Wildman–Crippen LogP) is 5.20. The molecule has 4 rings (SSSR count). The fourth-order valence-corrected chi connectivity index (χ4v) is 4.84. The first-order valence-electron chi connectivity index (χ1n) is 10.6. The molecular formula is C25H27N3O2S. The molecule has 31 heavy (non-hydrogen) atoms. The molecule has 0 saturated carbocycles. The molecule has 5 nitrogen and oxygen atoms in total. The van der Waals surface area contributed by atoms with Crippen molar-refractivity contribution < 1.29 is 8.42 Å². The summed E-state index contributed by atoms with van der Waals surface area (Å²) < 4.78 is 30.2. The zero-order chi connectivity index (χ0) is 21.8. The minimum Gasteiger partial charge on any atom is -0.328 e. The largest absolute Gasteiger partial charge is 0.328 e. The zero-order valence-electron chi connectivity index (χ0n) is 17.9. The molecule has 1 N–H and O–H groups in total. The van der Waals surface area contributed by atoms with Gasteiger partial charge in [0, 0.05) is 18.7 Å². The van der Waals surface area contributed by atoms with Crippen molar-refractivity contribution in [3.63, 3.8) is 0 Å². The van der Waals surface area contributed by atoms with Crippen LogP contribution < -0.4 is 4.72 Å². The summed E-state index contributed by atoms with van der Waals surface area (Å²) in [6, 6.07) is 22.8. The normalized spacial score (nSPS) is 11.7. The molecule has 0 atom stereocenters. The van der Waals surface area contributed by atoms with Gasteiger partial charge in [0.1, 0.15) is 5.82 Å². The number of sulfonamides is 1. The van der Waals surface area contributed by atoms with Crippen LogP contribution in [0, 0.1) is 0 Å². The van der Waals surface area contributed by atoms with E-state index in [0.29, 0.717) is 5.69 Å². The molecule has 1 heterocycles. The molecule has 6 heteroatoms. The van der Waals surface area contributed by atoms with Gasteiger partial charge < -0.3 is 4.57 Å². The number of anilines is 1. The smallest absolute Gasteiger partial charge is 0.261 e. The van der Waals surface area contributed by atoms with E-state index in [0.717, 1.165) is 53.8 Å². The maximum absolute atomic E-state index is 12.6. The van der Waals surface area contributed by atoms with E-state index in [2.05, 4.69) is 22.3 Å². The molecule has 0 amide bonds. The first kappa shape index (κ1) is 21.1. The van der Waals surface area contributed by atoms with Gasteiger partial charge in [-0.3, -0.25) is 4.72 Å². The molecule has 160 valence electrons. The fraction of sp³-hybridized carbons (Fsp3) is 0.240. The van der Waals surface area contributed by atoms with Crippen LogP contribution in [0.4, 0.5) is 5.69 Å². The minimum atomic E-state index is -3.59. The van der Waals surface area contributed by atoms with E-state index < -0.39 is 10.0 Å². The summed E-state index contributed by atoms with van der Waals surface area (Å²) in [6.45, 7) is 5.06. The Bertz CT molecular complexity index is 1270. The molecule has 0 fully saturated rings. The van der Waals surface area contributed by atoms with Gasteiger partial charge in [0.2, 0.25) is 0 Å². The number of nitrogens with zero attached hydrogens (tertiary/aromatic N) is 2. The van der Waals surface area contributed by atoms with E-state index in [1.165, 1.54) is 0 Å². The average molecular weight is 434 g/mol. The fourth-order valence-electron chi connectivity index (χ4n) is 3.78. The number of imidazole rings is 1. The number of fused-ring (bicyclic) bond motifs is 1. The summed E-state index contributed by atoms with van der Waals surface area (Å²) in [7, 11) is -3.59. The third kappa shape index (κ3) is 4.64. The summed E-state index contributed by atoms with van der Waals surface area (Å²) in [5.74, 6) is 1.07. The number of rotatable bonds is 8. The second-order valence-electron chi connectivity index (χ2n) is 7.56. The molecule has 0 radical (unpaired) electrons. The summed E-state index contributed by atoms with van der Waals surface area (Å²) in [5.41, 5.74) is 5.00. The monoisotopic (exact) mass is 433 g/mol. The van der Waals surface area contributed by atoms with Crippen LogP contribution in [-0.2, 0) is 35.8 Å². The van der Waals surface area contributed by atoms with Crippen LogP contribution in [0.15, 0.2) is 77.7 Å². The number of hydrogen-bond acceptors (Lipinski definition) is 3. The molecule has 0 aliphatic carbocycles. The Labute approximate surface area is 183 Å². The number of hydrogen-bond donors (Lipinski definition) is 1. The predicted molar refractivity (Wildman–Crippen MR) is 126 cm³/mol. The van der Waals surface area contributed by atoms with E-state index in [-0.39, 0.29) is 4.90 Å². The quantitative estimate of drug-likeness (QED) is 0.415. The summed E-state index contributed by atoms with van der Waals surface area (Å²) >= 11 is 0. The molecule has 0 aliphatic rings. The Morgan fingerprint density at radius 2 is 1.52 bits per heavy atom. The Kier molecular flexibility index (Phi) is 6.09. The van der Waals surface area contributed by atoms with Crippen molar-refractivity contribution in [2.24, 2.45) is 0 Å². The van der Waals surface area contributed by atoms with Gasteiger partial charge in [0.05, 0.1) is 15.9 Å². The van der Waals surface area contributed by atoms with Crippen LogP contribution in [0.3, 0.4) is 0 Å². The third-order valence-corrected chi connectivity index (χ3v) is 6.93. The van der Waals surface area contributed by atoms with Crippen LogP contribution >= 0.6 is 0 Å². The van der Waals surface area contributed by atoms with Crippen molar-refractivity contribution in [1.82, 2.24) is 9.55 Å². The highest BCUT2D eigenvalue weighted by Gasteiger charge is 2.14. The molecule has 0 bridgehead atoms. The highest BCUT2D eigenvalue weighted by molar-refractivity contribution is 7.92. The van der Waals surface area contributed by atoms with Gasteiger partial charge in [-0.25, -0.2) is 13.4 Å². The van der Waals surface area contributed by atoms with Gasteiger partial charge in [-0.2, -0.15) is 0 Å². The molecule has 0 saturated heterocycles. The van der Waals surface area contributed by atoms with Crippen LogP contribution in [0.25, 0.3) is 11.0 Å². The van der Waals surface area contributed by atoms with Crippen LogP contribution in [-0.4, -0.2) is 18.0 Å². The lowest BCUT2D eigenvalue weighted by Crippen LogP contribution is -2.13. The van der Waals surface area contributed by atoms with Crippen molar-refractivity contribution in [3.05, 3.63) is 89.7 Å². The Morgan fingerprint density at radius 3 is 2.19 bits per heavy atom. The van der Waals surface area contributed by atoms with Crippen LogP contribution in [0.2, 0.25) is 0 Å². The SMILES string of the molecule is CCc1ccc(S(=O)(=O)Nc2ccc(CCc3nc4ccccc4n3CC)cc2)cc1. The highest BCUT2D eigenvalue weighted by atomic mass is 32.2. The summed E-state index contributed by atoms with van der Waals surface area (Å²) in [5, 5.41) is 0. The summed E-state index contributed by atoms with van der Waals surface area (Å²) in [4.78, 5) is 5.05. The number of benzene rings is 3. The third-order valence-electron chi connectivity index (χ3n) is 5.54. The van der Waals surface area contributed by atoms with E-state index in [1.807, 2.05) is 61.5 Å². The van der Waals surface area contributed by atoms with E-state index in [9.17, 15) is 8.42 Å². The topological polar surface area (TPSA) is 64.0 Å². The van der Waals surface area contributed by atoms with E-state index in [4.69, 9.17) is 4.98 Å². The number of aryl methyl sites for hydroxylation is 4. The lowest BCUT2D eigenvalue weighted by atomic mass is 10.1. The second kappa shape index (κ2) is 8.94. The first-order valence-corrected chi connectivity index (χ1v) is 12.1. The number of nitrogens with one attached hydrogen (secondary N) is 1. The zero-order valence-corrected chi connectivity index (χ0v) is 18.7. The van der Waals surface area contributed by atoms with Gasteiger partial charge in [-0.05, 0) is 67.3 Å². The minimum absolute atomic E-state index is 0.271. The maximum atomic E-state index is 12.6. The summed E-state index contributed by atoms with van der Waals surface area (Å²) in [6.07, 6.45) is 2.55. The van der Waals surface area contributed by atoms with E-state index >= 15 is 0 Å². The molecule has 3 aromatic carbocycles. The Hall–Kier alpha value is -3.12. The van der Waals surface area contributed by atoms with E-state index in [1.54, 1.807) is 12.1 Å². The Balaban J connectivity index is 1.44. The van der Waals surface area contributed by atoms with Crippen molar-refractivity contribution in [1.29, 1.82) is 0 Å². The lowest BCUT2D eigenvalue weighted by molar-refractivity contribution is 0.601. The van der Waals surface area contributed by atoms with Crippen LogP contribution in [0.1, 0.15) is 30.8 Å². The number of aromatic nitrogens is 2. The van der Waals surface area contributed by atoms with Gasteiger partial charge >= 0.3 is 0 Å². The average Bonchev–Trinajstić information content (AvgIpc) is 3.16. The Morgan fingerprint density at radius 1 is 0.839 bits per heavy atom. The van der Waals surface area contributed by atoms with Gasteiger partial charge in [-0.1, -0.05) is 43.3 Å². The standard InChI is InChI=1S/C25H27N3O2S/c1-3-19-11-16-22(17-12-19)31(29,30)27-21-14-9-20(10-15-21)13-18-25-26-23-7-5-6-8-24(23)28(25)4-2/h5-12,14-17,27H,3-4,13,18H2,1-2H3.